The molecule has 0 saturated heterocycles. The van der Waals surface area contributed by atoms with E-state index in [1.165, 1.54) is 0 Å². The summed E-state index contributed by atoms with van der Waals surface area (Å²) in [6.45, 7) is 6.53. The molecular formula is C10H16N2O2. The molecule has 0 fully saturated rings. The van der Waals surface area contributed by atoms with Crippen LogP contribution in [0.25, 0.3) is 0 Å². The highest BCUT2D eigenvalue weighted by atomic mass is 16.5. The van der Waals surface area contributed by atoms with Gasteiger partial charge in [0.05, 0.1) is 12.2 Å². The third-order valence-electron chi connectivity index (χ3n) is 2.02. The summed E-state index contributed by atoms with van der Waals surface area (Å²) in [7, 11) is 0. The fourth-order valence-electron chi connectivity index (χ4n) is 1.42. The topological polar surface area (TPSA) is 55.0 Å². The Morgan fingerprint density at radius 2 is 2.14 bits per heavy atom. The number of fused-ring (bicyclic) bond motifs is 1. The minimum Gasteiger partial charge on any atom is -0.491 e. The van der Waals surface area contributed by atoms with Gasteiger partial charge in [0.25, 0.3) is 5.56 Å². The van der Waals surface area contributed by atoms with Crippen LogP contribution in [0.5, 0.6) is 5.75 Å². The van der Waals surface area contributed by atoms with Gasteiger partial charge in [0.15, 0.2) is 5.75 Å². The first kappa shape index (κ1) is 10.8. The van der Waals surface area contributed by atoms with Crippen LogP contribution in [0.3, 0.4) is 0 Å². The van der Waals surface area contributed by atoms with Crippen molar-refractivity contribution in [1.29, 1.82) is 0 Å². The van der Waals surface area contributed by atoms with E-state index in [1.54, 1.807) is 0 Å². The third-order valence-corrected chi connectivity index (χ3v) is 2.02. The van der Waals surface area contributed by atoms with Crippen molar-refractivity contribution in [3.8, 4) is 5.75 Å². The number of aromatic nitrogens is 2. The van der Waals surface area contributed by atoms with Gasteiger partial charge in [-0.25, -0.2) is 5.10 Å². The molecule has 1 aliphatic heterocycles. The average Bonchev–Trinajstić information content (AvgIpc) is 2.27. The van der Waals surface area contributed by atoms with Crippen LogP contribution in [0.1, 0.15) is 31.5 Å². The summed E-state index contributed by atoms with van der Waals surface area (Å²) in [5.41, 5.74) is 1.40. The first-order chi connectivity index (χ1) is 6.79. The number of ether oxygens (including phenoxy) is 1. The molecule has 1 aliphatic rings. The Labute approximate surface area is 83.3 Å². The van der Waals surface area contributed by atoms with Crippen molar-refractivity contribution in [2.45, 2.75) is 33.6 Å². The lowest BCUT2D eigenvalue weighted by molar-refractivity contribution is 0.282. The van der Waals surface area contributed by atoms with Crippen LogP contribution in [0.4, 0.5) is 0 Å². The van der Waals surface area contributed by atoms with Crippen molar-refractivity contribution in [2.75, 3.05) is 6.61 Å². The highest BCUT2D eigenvalue weighted by Gasteiger charge is 2.16. The summed E-state index contributed by atoms with van der Waals surface area (Å²) in [4.78, 5) is 11.2. The highest BCUT2D eigenvalue weighted by Crippen LogP contribution is 2.22. The second-order valence-electron chi connectivity index (χ2n) is 2.90. The van der Waals surface area contributed by atoms with Crippen molar-refractivity contribution >= 4 is 0 Å². The SMILES string of the molecule is CC.Cc1n[nH]c(=O)c2c1OCCC2. The lowest BCUT2D eigenvalue weighted by Crippen LogP contribution is -2.22. The van der Waals surface area contributed by atoms with Crippen LogP contribution in [0.15, 0.2) is 4.79 Å². The second kappa shape index (κ2) is 4.79. The Balaban J connectivity index is 0.000000461. The van der Waals surface area contributed by atoms with Crippen molar-refractivity contribution in [3.63, 3.8) is 0 Å². The summed E-state index contributed by atoms with van der Waals surface area (Å²) in [6.07, 6.45) is 1.72. The molecule has 4 heteroatoms. The summed E-state index contributed by atoms with van der Waals surface area (Å²) >= 11 is 0. The van der Waals surface area contributed by atoms with Crippen LogP contribution in [-0.2, 0) is 6.42 Å². The van der Waals surface area contributed by atoms with E-state index in [1.807, 2.05) is 20.8 Å². The molecule has 1 aromatic heterocycles. The molecule has 2 rings (SSSR count). The maximum Gasteiger partial charge on any atom is 0.271 e. The first-order valence-electron chi connectivity index (χ1n) is 5.00. The van der Waals surface area contributed by atoms with Gasteiger partial charge < -0.3 is 4.74 Å². The molecule has 0 saturated carbocycles. The Kier molecular flexibility index (Phi) is 3.68. The van der Waals surface area contributed by atoms with Gasteiger partial charge in [0.1, 0.15) is 5.69 Å². The van der Waals surface area contributed by atoms with Crippen LogP contribution < -0.4 is 10.3 Å². The number of aryl methyl sites for hydroxylation is 1. The zero-order chi connectivity index (χ0) is 10.6. The van der Waals surface area contributed by atoms with E-state index in [4.69, 9.17) is 4.74 Å². The lowest BCUT2D eigenvalue weighted by atomic mass is 10.1. The zero-order valence-corrected chi connectivity index (χ0v) is 8.89. The molecule has 0 unspecified atom stereocenters. The Bertz CT molecular complexity index is 358. The largest absolute Gasteiger partial charge is 0.491 e. The van der Waals surface area contributed by atoms with Gasteiger partial charge in [-0.3, -0.25) is 4.79 Å². The van der Waals surface area contributed by atoms with Crippen molar-refractivity contribution in [1.82, 2.24) is 10.2 Å². The van der Waals surface area contributed by atoms with E-state index >= 15 is 0 Å². The lowest BCUT2D eigenvalue weighted by Gasteiger charge is -2.16. The maximum absolute atomic E-state index is 11.2. The van der Waals surface area contributed by atoms with Gasteiger partial charge in [-0.15, -0.1) is 0 Å². The monoisotopic (exact) mass is 196 g/mol. The number of hydrogen-bond acceptors (Lipinski definition) is 3. The standard InChI is InChI=1S/C8H10N2O2.C2H6/c1-5-7-6(3-2-4-12-7)8(11)10-9-5;1-2/h2-4H2,1H3,(H,10,11);1-2H3. The normalized spacial score (nSPS) is 13.4. The summed E-state index contributed by atoms with van der Waals surface area (Å²) in [6, 6.07) is 0. The van der Waals surface area contributed by atoms with Gasteiger partial charge >= 0.3 is 0 Å². The molecule has 2 heterocycles. The number of H-pyrrole nitrogens is 1. The number of rotatable bonds is 0. The van der Waals surface area contributed by atoms with Gasteiger partial charge in [-0.1, -0.05) is 13.8 Å². The van der Waals surface area contributed by atoms with Crippen LogP contribution in [-0.4, -0.2) is 16.8 Å². The minimum atomic E-state index is -0.115. The number of nitrogens with zero attached hydrogens (tertiary/aromatic N) is 1. The van der Waals surface area contributed by atoms with Crippen molar-refractivity contribution in [3.05, 3.63) is 21.6 Å². The fourth-order valence-corrected chi connectivity index (χ4v) is 1.42. The zero-order valence-electron chi connectivity index (χ0n) is 8.89. The van der Waals surface area contributed by atoms with E-state index in [0.717, 1.165) is 24.1 Å². The van der Waals surface area contributed by atoms with E-state index in [2.05, 4.69) is 10.2 Å². The smallest absolute Gasteiger partial charge is 0.271 e. The molecule has 0 atom stereocenters. The van der Waals surface area contributed by atoms with Gasteiger partial charge in [-0.05, 0) is 19.8 Å². The van der Waals surface area contributed by atoms with Gasteiger partial charge in [0, 0.05) is 0 Å². The fraction of sp³-hybridized carbons (Fsp3) is 0.600. The van der Waals surface area contributed by atoms with Crippen LogP contribution >= 0.6 is 0 Å². The summed E-state index contributed by atoms with van der Waals surface area (Å²) in [5.74, 6) is 0.685. The Morgan fingerprint density at radius 1 is 1.43 bits per heavy atom. The van der Waals surface area contributed by atoms with E-state index in [9.17, 15) is 4.79 Å². The average molecular weight is 196 g/mol. The summed E-state index contributed by atoms with van der Waals surface area (Å²) in [5, 5.41) is 6.27. The summed E-state index contributed by atoms with van der Waals surface area (Å²) < 4.78 is 5.35. The Hall–Kier alpha value is -1.32. The number of nitrogens with one attached hydrogen (secondary N) is 1. The number of aromatic amines is 1. The molecule has 0 radical (unpaired) electrons. The minimum absolute atomic E-state index is 0.115. The van der Waals surface area contributed by atoms with E-state index in [-0.39, 0.29) is 5.56 Å². The molecule has 1 N–H and O–H groups in total. The molecule has 14 heavy (non-hydrogen) atoms. The van der Waals surface area contributed by atoms with Gasteiger partial charge in [-0.2, -0.15) is 5.10 Å². The molecule has 4 nitrogen and oxygen atoms in total. The highest BCUT2D eigenvalue weighted by molar-refractivity contribution is 5.35. The molecular weight excluding hydrogens is 180 g/mol. The van der Waals surface area contributed by atoms with Crippen LogP contribution in [0.2, 0.25) is 0 Å². The molecule has 0 aromatic carbocycles. The van der Waals surface area contributed by atoms with Gasteiger partial charge in [0.2, 0.25) is 0 Å². The van der Waals surface area contributed by atoms with Crippen molar-refractivity contribution in [2.24, 2.45) is 0 Å². The van der Waals surface area contributed by atoms with E-state index < -0.39 is 0 Å². The molecule has 0 amide bonds. The maximum atomic E-state index is 11.2. The molecule has 0 bridgehead atoms. The quantitative estimate of drug-likeness (QED) is 0.683. The Morgan fingerprint density at radius 3 is 2.79 bits per heavy atom. The molecule has 0 aliphatic carbocycles. The van der Waals surface area contributed by atoms with Crippen molar-refractivity contribution < 1.29 is 4.74 Å². The number of hydrogen-bond donors (Lipinski definition) is 1. The molecule has 78 valence electrons. The van der Waals surface area contributed by atoms with E-state index in [0.29, 0.717) is 12.4 Å². The second-order valence-corrected chi connectivity index (χ2v) is 2.90. The predicted octanol–water partition coefficient (Wildman–Crippen LogP) is 1.43. The predicted molar refractivity (Wildman–Crippen MR) is 54.8 cm³/mol. The first-order valence-corrected chi connectivity index (χ1v) is 5.00. The molecule has 0 spiro atoms. The van der Waals surface area contributed by atoms with Crippen LogP contribution in [0, 0.1) is 6.92 Å². The molecule has 1 aromatic rings. The third kappa shape index (κ3) is 1.95.